The number of nitrogens with zero attached hydrogens (tertiary/aromatic N) is 3. The van der Waals surface area contributed by atoms with E-state index in [0.717, 1.165) is 31.6 Å². The predicted molar refractivity (Wildman–Crippen MR) is 87.6 cm³/mol. The normalized spacial score (nSPS) is 20.8. The van der Waals surface area contributed by atoms with Crippen LogP contribution in [-0.4, -0.2) is 39.1 Å². The van der Waals surface area contributed by atoms with Crippen molar-refractivity contribution in [2.75, 3.05) is 6.61 Å². The van der Waals surface area contributed by atoms with Gasteiger partial charge in [-0.1, -0.05) is 6.92 Å². The lowest BCUT2D eigenvalue weighted by Gasteiger charge is -2.26. The lowest BCUT2D eigenvalue weighted by atomic mass is 9.87. The van der Waals surface area contributed by atoms with Gasteiger partial charge in [-0.2, -0.15) is 5.10 Å². The van der Waals surface area contributed by atoms with Crippen molar-refractivity contribution in [3.63, 3.8) is 0 Å². The third-order valence-electron chi connectivity index (χ3n) is 4.49. The first-order chi connectivity index (χ1) is 11.5. The highest BCUT2D eigenvalue weighted by Crippen LogP contribution is 2.23. The predicted octanol–water partition coefficient (Wildman–Crippen LogP) is 1.89. The monoisotopic (exact) mass is 330 g/mol. The molecule has 128 valence electrons. The summed E-state index contributed by atoms with van der Waals surface area (Å²) >= 11 is 0. The summed E-state index contributed by atoms with van der Waals surface area (Å²) in [6, 6.07) is 1.92. The van der Waals surface area contributed by atoms with E-state index in [0.29, 0.717) is 16.9 Å². The molecule has 2 heterocycles. The Morgan fingerprint density at radius 3 is 2.83 bits per heavy atom. The molecule has 1 aliphatic rings. The van der Waals surface area contributed by atoms with Gasteiger partial charge in [0.05, 0.1) is 5.69 Å². The summed E-state index contributed by atoms with van der Waals surface area (Å²) in [6.45, 7) is 3.66. The fourth-order valence-electron chi connectivity index (χ4n) is 3.11. The topological polar surface area (TPSA) is 85.6 Å². The molecule has 0 aromatic carbocycles. The number of rotatable bonds is 4. The van der Waals surface area contributed by atoms with Crippen molar-refractivity contribution in [1.82, 2.24) is 19.9 Å². The number of aryl methyl sites for hydroxylation is 1. The first-order valence-electron chi connectivity index (χ1n) is 8.31. The molecule has 24 heavy (non-hydrogen) atoms. The SMILES string of the molecule is Cc1nn2cccnc2c1C(=O)OCC(=O)NC1CCC(C)CC1. The van der Waals surface area contributed by atoms with Gasteiger partial charge in [0.2, 0.25) is 0 Å². The minimum absolute atomic E-state index is 0.188. The van der Waals surface area contributed by atoms with E-state index in [1.165, 1.54) is 4.52 Å². The molecule has 1 fully saturated rings. The van der Waals surface area contributed by atoms with Crippen LogP contribution in [0.15, 0.2) is 18.5 Å². The van der Waals surface area contributed by atoms with E-state index < -0.39 is 5.97 Å². The molecule has 1 N–H and O–H groups in total. The number of amides is 1. The number of carbonyl (C=O) groups excluding carboxylic acids is 2. The smallest absolute Gasteiger partial charge is 0.344 e. The van der Waals surface area contributed by atoms with Crippen LogP contribution in [0.25, 0.3) is 5.65 Å². The van der Waals surface area contributed by atoms with Crippen molar-refractivity contribution in [2.45, 2.75) is 45.6 Å². The zero-order chi connectivity index (χ0) is 17.1. The molecular formula is C17H22N4O3. The van der Waals surface area contributed by atoms with Gasteiger partial charge in [0.1, 0.15) is 5.56 Å². The standard InChI is InChI=1S/C17H22N4O3/c1-11-4-6-13(7-5-11)19-14(22)10-24-17(23)15-12(2)20-21-9-3-8-18-16(15)21/h3,8-9,11,13H,4-7,10H2,1-2H3,(H,19,22). The Kier molecular flexibility index (Phi) is 4.78. The number of hydrogen-bond acceptors (Lipinski definition) is 5. The maximum absolute atomic E-state index is 12.3. The number of nitrogens with one attached hydrogen (secondary N) is 1. The van der Waals surface area contributed by atoms with Gasteiger partial charge in [0.15, 0.2) is 12.3 Å². The summed E-state index contributed by atoms with van der Waals surface area (Å²) in [4.78, 5) is 28.4. The molecule has 0 aliphatic heterocycles. The van der Waals surface area contributed by atoms with Crippen LogP contribution in [-0.2, 0) is 9.53 Å². The molecular weight excluding hydrogens is 308 g/mol. The van der Waals surface area contributed by atoms with Gasteiger partial charge in [0, 0.05) is 18.4 Å². The molecule has 2 aromatic rings. The third-order valence-corrected chi connectivity index (χ3v) is 4.49. The summed E-state index contributed by atoms with van der Waals surface area (Å²) in [7, 11) is 0. The second kappa shape index (κ2) is 6.98. The minimum atomic E-state index is -0.575. The second-order valence-electron chi connectivity index (χ2n) is 6.45. The molecule has 7 nitrogen and oxygen atoms in total. The number of hydrogen-bond donors (Lipinski definition) is 1. The molecule has 7 heteroatoms. The molecule has 1 amide bonds. The molecule has 2 aromatic heterocycles. The Labute approximate surface area is 140 Å². The first kappa shape index (κ1) is 16.4. The number of fused-ring (bicyclic) bond motifs is 1. The van der Waals surface area contributed by atoms with E-state index in [2.05, 4.69) is 22.3 Å². The van der Waals surface area contributed by atoms with Crippen LogP contribution >= 0.6 is 0 Å². The number of aromatic nitrogens is 3. The fourth-order valence-corrected chi connectivity index (χ4v) is 3.11. The number of ether oxygens (including phenoxy) is 1. The lowest BCUT2D eigenvalue weighted by Crippen LogP contribution is -2.39. The van der Waals surface area contributed by atoms with Crippen molar-refractivity contribution in [1.29, 1.82) is 0 Å². The highest BCUT2D eigenvalue weighted by molar-refractivity contribution is 5.98. The Morgan fingerprint density at radius 1 is 1.33 bits per heavy atom. The van der Waals surface area contributed by atoms with Gasteiger partial charge in [-0.3, -0.25) is 4.79 Å². The Hall–Kier alpha value is -2.44. The van der Waals surface area contributed by atoms with E-state index >= 15 is 0 Å². The first-order valence-corrected chi connectivity index (χ1v) is 8.31. The molecule has 3 rings (SSSR count). The van der Waals surface area contributed by atoms with Gasteiger partial charge < -0.3 is 10.1 Å². The van der Waals surface area contributed by atoms with E-state index in [9.17, 15) is 9.59 Å². The average Bonchev–Trinajstić information content (AvgIpc) is 2.90. The van der Waals surface area contributed by atoms with E-state index in [1.807, 2.05) is 0 Å². The summed E-state index contributed by atoms with van der Waals surface area (Å²) in [5.41, 5.74) is 1.26. The summed E-state index contributed by atoms with van der Waals surface area (Å²) in [5, 5.41) is 7.15. The Balaban J connectivity index is 1.57. The second-order valence-corrected chi connectivity index (χ2v) is 6.45. The molecule has 0 spiro atoms. The van der Waals surface area contributed by atoms with Crippen LogP contribution in [0, 0.1) is 12.8 Å². The molecule has 0 atom stereocenters. The van der Waals surface area contributed by atoms with Crippen LogP contribution < -0.4 is 5.32 Å². The zero-order valence-corrected chi connectivity index (χ0v) is 14.0. The zero-order valence-electron chi connectivity index (χ0n) is 14.0. The van der Waals surface area contributed by atoms with Gasteiger partial charge in [-0.15, -0.1) is 0 Å². The maximum atomic E-state index is 12.3. The minimum Gasteiger partial charge on any atom is -0.452 e. The van der Waals surface area contributed by atoms with Crippen LogP contribution in [0.2, 0.25) is 0 Å². The van der Waals surface area contributed by atoms with Gasteiger partial charge in [0.25, 0.3) is 5.91 Å². The summed E-state index contributed by atoms with van der Waals surface area (Å²) < 4.78 is 6.68. The molecule has 0 unspecified atom stereocenters. The van der Waals surface area contributed by atoms with E-state index in [1.54, 1.807) is 25.4 Å². The van der Waals surface area contributed by atoms with Crippen molar-refractivity contribution in [3.05, 3.63) is 29.7 Å². The number of esters is 1. The van der Waals surface area contributed by atoms with Crippen molar-refractivity contribution < 1.29 is 14.3 Å². The van der Waals surface area contributed by atoms with Crippen molar-refractivity contribution >= 4 is 17.5 Å². The van der Waals surface area contributed by atoms with Crippen LogP contribution in [0.3, 0.4) is 0 Å². The lowest BCUT2D eigenvalue weighted by molar-refractivity contribution is -0.125. The quantitative estimate of drug-likeness (QED) is 0.865. The molecule has 1 saturated carbocycles. The van der Waals surface area contributed by atoms with E-state index in [4.69, 9.17) is 4.74 Å². The average molecular weight is 330 g/mol. The molecule has 0 bridgehead atoms. The van der Waals surface area contributed by atoms with E-state index in [-0.39, 0.29) is 18.6 Å². The number of carbonyl (C=O) groups is 2. The molecule has 1 aliphatic carbocycles. The summed E-state index contributed by atoms with van der Waals surface area (Å²) in [6.07, 6.45) is 7.51. The molecule has 0 radical (unpaired) electrons. The maximum Gasteiger partial charge on any atom is 0.344 e. The largest absolute Gasteiger partial charge is 0.452 e. The van der Waals surface area contributed by atoms with Crippen LogP contribution in [0.5, 0.6) is 0 Å². The highest BCUT2D eigenvalue weighted by atomic mass is 16.5. The highest BCUT2D eigenvalue weighted by Gasteiger charge is 2.22. The van der Waals surface area contributed by atoms with Gasteiger partial charge in [-0.05, 0) is 44.6 Å². The third kappa shape index (κ3) is 3.55. The van der Waals surface area contributed by atoms with Crippen LogP contribution in [0.4, 0.5) is 0 Å². The summed E-state index contributed by atoms with van der Waals surface area (Å²) in [5.74, 6) is -0.110. The Bertz CT molecular complexity index is 747. The van der Waals surface area contributed by atoms with Gasteiger partial charge >= 0.3 is 5.97 Å². The van der Waals surface area contributed by atoms with Gasteiger partial charge in [-0.25, -0.2) is 14.3 Å². The molecule has 0 saturated heterocycles. The fraction of sp³-hybridized carbons (Fsp3) is 0.529. The van der Waals surface area contributed by atoms with Crippen molar-refractivity contribution in [3.8, 4) is 0 Å². The Morgan fingerprint density at radius 2 is 2.08 bits per heavy atom. The van der Waals surface area contributed by atoms with Crippen molar-refractivity contribution in [2.24, 2.45) is 5.92 Å². The van der Waals surface area contributed by atoms with Crippen LogP contribution in [0.1, 0.15) is 48.7 Å².